The molecule has 218 valence electrons. The number of benzene rings is 1. The van der Waals surface area contributed by atoms with Crippen molar-refractivity contribution in [1.29, 1.82) is 0 Å². The molecule has 2 aromatic rings. The number of likely N-dealkylation sites (tertiary alicyclic amines) is 1. The zero-order chi connectivity index (χ0) is 27.6. The maximum absolute atomic E-state index is 13.3. The van der Waals surface area contributed by atoms with Crippen LogP contribution in [0.25, 0.3) is 0 Å². The monoisotopic (exact) mass is 543 g/mol. The van der Waals surface area contributed by atoms with Crippen molar-refractivity contribution < 1.29 is 22.2 Å². The number of amides is 1. The third-order valence-corrected chi connectivity index (χ3v) is 8.06. The Balaban J connectivity index is 0.00000144. The fraction of sp³-hybridized carbons (Fsp3) is 0.633. The summed E-state index contributed by atoms with van der Waals surface area (Å²) in [4.78, 5) is 24.1. The van der Waals surface area contributed by atoms with Crippen LogP contribution in [0.3, 0.4) is 0 Å². The fourth-order valence-corrected chi connectivity index (χ4v) is 5.73. The van der Waals surface area contributed by atoms with Gasteiger partial charge in [0.25, 0.3) is 5.91 Å². The number of aromatic nitrogens is 2. The molecule has 4 heterocycles. The van der Waals surface area contributed by atoms with Gasteiger partial charge in [-0.15, -0.1) is 0 Å². The number of anilines is 1. The van der Waals surface area contributed by atoms with Crippen LogP contribution in [0.1, 0.15) is 81.1 Å². The normalized spacial score (nSPS) is 22.6. The number of piperidine rings is 1. The molecule has 0 radical (unpaired) electrons. The number of rotatable bonds is 7. The Labute approximate surface area is 235 Å². The number of carbonyl (C=O) groups is 1. The lowest BCUT2D eigenvalue weighted by molar-refractivity contribution is -0.0442. The first kappa shape index (κ1) is 29.4. The number of hydrogen-bond acceptors (Lipinski definition) is 8. The molecule has 1 aromatic heterocycles. The van der Waals surface area contributed by atoms with E-state index in [1.165, 1.54) is 17.5 Å². The average molecular weight is 544 g/mol. The van der Waals surface area contributed by atoms with E-state index in [4.69, 9.17) is 14.6 Å². The van der Waals surface area contributed by atoms with Gasteiger partial charge in [-0.25, -0.2) is 9.97 Å². The zero-order valence-electron chi connectivity index (χ0n) is 23.7. The van der Waals surface area contributed by atoms with Gasteiger partial charge in [0.15, 0.2) is 0 Å². The maximum atomic E-state index is 13.3. The van der Waals surface area contributed by atoms with Crippen LogP contribution in [0.5, 0.6) is 0 Å². The molecule has 3 N–H and O–H groups in total. The van der Waals surface area contributed by atoms with E-state index in [-0.39, 0.29) is 21.0 Å². The summed E-state index contributed by atoms with van der Waals surface area (Å²) < 4.78 is 11.9. The summed E-state index contributed by atoms with van der Waals surface area (Å²) >= 11 is 0. The molecule has 39 heavy (non-hydrogen) atoms. The molecular formula is C30H49N5O4. The molecular weight excluding hydrogens is 494 g/mol. The summed E-state index contributed by atoms with van der Waals surface area (Å²) in [5.41, 5.74) is 3.81. The standard InChI is InChI=1S/C29H41N5O3.CH4O.2H2/c1-20-6-8-22(9-7-20)26-5-3-4-25(37-26)18-30-28-21(2)27(31-19-32-28)29(35)34-14-10-23(11-15-34)33-24-12-16-36-17-13-24;1-2;;/h6-9,19,23-26,33H,3-5,10-18H2,1-2H3,(H,30,31,32);2H,1H3;2*1H/t25-,26?;;;/m1.../s1. The highest BCUT2D eigenvalue weighted by Gasteiger charge is 2.28. The maximum Gasteiger partial charge on any atom is 0.272 e. The van der Waals surface area contributed by atoms with Gasteiger partial charge >= 0.3 is 0 Å². The first-order chi connectivity index (χ1) is 19.1. The van der Waals surface area contributed by atoms with Crippen molar-refractivity contribution in [1.82, 2.24) is 20.2 Å². The molecule has 0 spiro atoms. The topological polar surface area (TPSA) is 109 Å². The summed E-state index contributed by atoms with van der Waals surface area (Å²) in [7, 11) is 1.00. The van der Waals surface area contributed by atoms with Crippen molar-refractivity contribution in [2.75, 3.05) is 45.3 Å². The van der Waals surface area contributed by atoms with E-state index in [2.05, 4.69) is 51.8 Å². The minimum Gasteiger partial charge on any atom is -0.400 e. The van der Waals surface area contributed by atoms with E-state index in [0.29, 0.717) is 24.3 Å². The predicted molar refractivity (Wildman–Crippen MR) is 156 cm³/mol. The number of ether oxygens (including phenoxy) is 2. The smallest absolute Gasteiger partial charge is 0.272 e. The lowest BCUT2D eigenvalue weighted by atomic mass is 9.97. The van der Waals surface area contributed by atoms with Gasteiger partial charge in [-0.05, 0) is 64.4 Å². The van der Waals surface area contributed by atoms with Gasteiger partial charge in [-0.2, -0.15) is 0 Å². The second kappa shape index (κ2) is 14.7. The second-order valence-corrected chi connectivity index (χ2v) is 10.8. The molecule has 0 bridgehead atoms. The van der Waals surface area contributed by atoms with E-state index >= 15 is 0 Å². The highest BCUT2D eigenvalue weighted by molar-refractivity contribution is 5.94. The number of aryl methyl sites for hydroxylation is 1. The van der Waals surface area contributed by atoms with E-state index in [9.17, 15) is 4.79 Å². The van der Waals surface area contributed by atoms with Crippen LogP contribution in [0, 0.1) is 13.8 Å². The van der Waals surface area contributed by atoms with Crippen LogP contribution in [0.15, 0.2) is 30.6 Å². The Hall–Kier alpha value is -2.59. The third kappa shape index (κ3) is 7.97. The molecule has 5 rings (SSSR count). The number of nitrogens with zero attached hydrogens (tertiary/aromatic N) is 3. The van der Waals surface area contributed by atoms with Crippen molar-refractivity contribution in [3.05, 3.63) is 53.0 Å². The summed E-state index contributed by atoms with van der Waals surface area (Å²) in [6, 6.07) is 9.65. The van der Waals surface area contributed by atoms with E-state index in [1.54, 1.807) is 0 Å². The van der Waals surface area contributed by atoms with E-state index in [0.717, 1.165) is 89.7 Å². The van der Waals surface area contributed by atoms with Crippen LogP contribution in [0.2, 0.25) is 0 Å². The Morgan fingerprint density at radius 1 is 1.00 bits per heavy atom. The molecule has 0 saturated carbocycles. The number of carbonyl (C=O) groups excluding carboxylic acids is 1. The van der Waals surface area contributed by atoms with Gasteiger partial charge in [0, 0.05) is 60.5 Å². The molecule has 3 fully saturated rings. The van der Waals surface area contributed by atoms with Crippen molar-refractivity contribution in [2.45, 2.75) is 83.1 Å². The van der Waals surface area contributed by atoms with E-state index < -0.39 is 0 Å². The van der Waals surface area contributed by atoms with Crippen LogP contribution in [-0.2, 0) is 9.47 Å². The summed E-state index contributed by atoms with van der Waals surface area (Å²) in [6.45, 7) is 7.90. The minimum absolute atomic E-state index is 0. The van der Waals surface area contributed by atoms with Crippen LogP contribution in [0.4, 0.5) is 5.82 Å². The van der Waals surface area contributed by atoms with E-state index in [1.807, 2.05) is 11.8 Å². The molecule has 1 unspecified atom stereocenters. The molecule has 1 amide bonds. The number of aliphatic hydroxyl groups is 1. The Kier molecular flexibility index (Phi) is 11.1. The highest BCUT2D eigenvalue weighted by atomic mass is 16.5. The Morgan fingerprint density at radius 3 is 2.41 bits per heavy atom. The zero-order valence-corrected chi connectivity index (χ0v) is 23.7. The molecule has 2 atom stereocenters. The second-order valence-electron chi connectivity index (χ2n) is 10.8. The molecule has 1 aromatic carbocycles. The first-order valence-corrected chi connectivity index (χ1v) is 14.4. The molecule has 3 aliphatic heterocycles. The van der Waals surface area contributed by atoms with Gasteiger partial charge in [-0.1, -0.05) is 29.8 Å². The minimum atomic E-state index is 0. The van der Waals surface area contributed by atoms with Crippen molar-refractivity contribution in [2.24, 2.45) is 0 Å². The van der Waals surface area contributed by atoms with Gasteiger partial charge in [-0.3, -0.25) is 4.79 Å². The Bertz CT molecular complexity index is 1050. The molecule has 3 saturated heterocycles. The number of aliphatic hydroxyl groups excluding tert-OH is 1. The van der Waals surface area contributed by atoms with Crippen molar-refractivity contribution in [3.8, 4) is 0 Å². The Morgan fingerprint density at radius 2 is 1.69 bits per heavy atom. The predicted octanol–water partition coefficient (Wildman–Crippen LogP) is 4.29. The summed E-state index contributed by atoms with van der Waals surface area (Å²) in [6.07, 6.45) is 9.04. The van der Waals surface area contributed by atoms with Crippen LogP contribution < -0.4 is 10.6 Å². The molecule has 0 aliphatic carbocycles. The average Bonchev–Trinajstić information content (AvgIpc) is 2.99. The molecule has 3 aliphatic rings. The van der Waals surface area contributed by atoms with Gasteiger partial charge in [0.2, 0.25) is 0 Å². The lowest BCUT2D eigenvalue weighted by Crippen LogP contribution is -2.49. The van der Waals surface area contributed by atoms with Crippen molar-refractivity contribution in [3.63, 3.8) is 0 Å². The van der Waals surface area contributed by atoms with Crippen molar-refractivity contribution >= 4 is 11.7 Å². The third-order valence-electron chi connectivity index (χ3n) is 8.06. The summed E-state index contributed by atoms with van der Waals surface area (Å²) in [5.74, 6) is 0.719. The SMILES string of the molecule is CO.Cc1ccc(C2CCC[C@H](CNc3ncnc(C(=O)N4CCC(NC5CCOCC5)CC4)c3C)O2)cc1.[HH].[HH]. The number of hydrogen-bond donors (Lipinski definition) is 3. The van der Waals surface area contributed by atoms with Crippen LogP contribution >= 0.6 is 0 Å². The lowest BCUT2D eigenvalue weighted by Gasteiger charge is -2.35. The quantitative estimate of drug-likeness (QED) is 0.475. The fourth-order valence-electron chi connectivity index (χ4n) is 5.73. The first-order valence-electron chi connectivity index (χ1n) is 14.4. The molecule has 9 nitrogen and oxygen atoms in total. The largest absolute Gasteiger partial charge is 0.400 e. The van der Waals surface area contributed by atoms with Gasteiger partial charge in [0.05, 0.1) is 12.2 Å². The van der Waals surface area contributed by atoms with Gasteiger partial charge in [0.1, 0.15) is 17.8 Å². The molecule has 9 heteroatoms. The van der Waals surface area contributed by atoms with Crippen LogP contribution in [-0.4, -0.2) is 84.0 Å². The summed E-state index contributed by atoms with van der Waals surface area (Å²) in [5, 5.41) is 14.2. The van der Waals surface area contributed by atoms with Gasteiger partial charge < -0.3 is 30.1 Å². The highest BCUT2D eigenvalue weighted by Crippen LogP contribution is 2.31. The number of nitrogens with one attached hydrogen (secondary N) is 2.